The molecule has 0 bridgehead atoms. The second kappa shape index (κ2) is 9.82. The van der Waals surface area contributed by atoms with Crippen LogP contribution in [0.25, 0.3) is 20.9 Å². The van der Waals surface area contributed by atoms with Gasteiger partial charge in [-0.2, -0.15) is 0 Å². The first-order valence-corrected chi connectivity index (χ1v) is 10.5. The third-order valence-electron chi connectivity index (χ3n) is 4.41. The summed E-state index contributed by atoms with van der Waals surface area (Å²) in [5.74, 6) is 0.686. The smallest absolute Gasteiger partial charge is 0.503 e. The van der Waals surface area contributed by atoms with Crippen molar-refractivity contribution in [1.29, 1.82) is 0 Å². The maximum Gasteiger partial charge on any atom is 0.514 e. The molecule has 0 aliphatic carbocycles. The number of carbonyl (C=O) groups is 1. The van der Waals surface area contributed by atoms with Gasteiger partial charge < -0.3 is 19.3 Å². The van der Waals surface area contributed by atoms with Crippen LogP contribution in [0.4, 0.5) is 4.79 Å². The van der Waals surface area contributed by atoms with Crippen molar-refractivity contribution in [3.05, 3.63) is 91.0 Å². The Bertz CT molecular complexity index is 1120. The molecule has 0 unspecified atom stereocenters. The maximum atomic E-state index is 12.3. The highest BCUT2D eigenvalue weighted by Crippen LogP contribution is 2.51. The van der Waals surface area contributed by atoms with E-state index in [4.69, 9.17) is 14.2 Å². The number of aromatic hydroxyl groups is 1. The van der Waals surface area contributed by atoms with Crippen molar-refractivity contribution in [3.8, 4) is 38.1 Å². The molecule has 4 rings (SSSR count). The minimum absolute atomic E-state index is 0.0187. The Labute approximate surface area is 184 Å². The average molecular weight is 432 g/mol. The van der Waals surface area contributed by atoms with Gasteiger partial charge in [0.1, 0.15) is 19.0 Å². The molecule has 0 saturated heterocycles. The van der Waals surface area contributed by atoms with Crippen LogP contribution in [-0.4, -0.2) is 24.5 Å². The first-order valence-electron chi connectivity index (χ1n) is 9.71. The Kier molecular flexibility index (Phi) is 6.50. The van der Waals surface area contributed by atoms with E-state index in [9.17, 15) is 9.90 Å². The Morgan fingerprint density at radius 1 is 0.742 bits per heavy atom. The second-order valence-electron chi connectivity index (χ2n) is 6.53. The van der Waals surface area contributed by atoms with Crippen LogP contribution in [0.5, 0.6) is 17.2 Å². The first kappa shape index (κ1) is 20.5. The van der Waals surface area contributed by atoms with Crippen molar-refractivity contribution in [2.75, 3.05) is 13.2 Å². The molecule has 0 spiro atoms. The van der Waals surface area contributed by atoms with Gasteiger partial charge in [-0.05, 0) is 23.3 Å². The van der Waals surface area contributed by atoms with E-state index in [1.54, 1.807) is 0 Å². The lowest BCUT2D eigenvalue weighted by molar-refractivity contribution is 0.0842. The van der Waals surface area contributed by atoms with Crippen LogP contribution in [0.1, 0.15) is 0 Å². The molecule has 31 heavy (non-hydrogen) atoms. The number of carbonyl (C=O) groups excluding carboxylic acids is 1. The zero-order valence-electron chi connectivity index (χ0n) is 16.6. The lowest BCUT2D eigenvalue weighted by Gasteiger charge is -2.09. The summed E-state index contributed by atoms with van der Waals surface area (Å²) in [7, 11) is 0. The third-order valence-corrected chi connectivity index (χ3v) is 5.67. The highest BCUT2D eigenvalue weighted by atomic mass is 32.1. The van der Waals surface area contributed by atoms with E-state index < -0.39 is 6.16 Å². The van der Waals surface area contributed by atoms with Crippen LogP contribution < -0.4 is 9.47 Å². The summed E-state index contributed by atoms with van der Waals surface area (Å²) in [6.45, 7) is 0.209. The Morgan fingerprint density at radius 3 is 1.90 bits per heavy atom. The summed E-state index contributed by atoms with van der Waals surface area (Å²) in [6, 6.07) is 28.2. The van der Waals surface area contributed by atoms with E-state index in [0.717, 1.165) is 11.1 Å². The lowest BCUT2D eigenvalue weighted by Crippen LogP contribution is -2.15. The SMILES string of the molecule is O=C(OCCOc1ccccc1)Oc1c(-c2ccccc2)sc(-c2ccccc2)c1O. The summed E-state index contributed by atoms with van der Waals surface area (Å²) in [6.07, 6.45) is -0.901. The standard InChI is InChI=1S/C25H20O5S/c26-21-22(30-25(27)29-17-16-28-20-14-8-3-9-15-20)24(19-12-6-2-7-13-19)31-23(21)18-10-4-1-5-11-18/h1-15,26H,16-17H2. The van der Waals surface area contributed by atoms with Crippen molar-refractivity contribution in [2.24, 2.45) is 0 Å². The second-order valence-corrected chi connectivity index (χ2v) is 7.55. The van der Waals surface area contributed by atoms with Crippen LogP contribution in [0.15, 0.2) is 91.0 Å². The molecule has 3 aromatic carbocycles. The van der Waals surface area contributed by atoms with Gasteiger partial charge in [-0.1, -0.05) is 78.9 Å². The molecule has 4 aromatic rings. The van der Waals surface area contributed by atoms with Gasteiger partial charge in [-0.3, -0.25) is 0 Å². The van der Waals surface area contributed by atoms with Crippen molar-refractivity contribution in [1.82, 2.24) is 0 Å². The minimum atomic E-state index is -0.901. The molecule has 1 heterocycles. The van der Waals surface area contributed by atoms with Crippen molar-refractivity contribution < 1.29 is 24.1 Å². The van der Waals surface area contributed by atoms with Gasteiger partial charge in [-0.15, -0.1) is 11.3 Å². The van der Waals surface area contributed by atoms with Crippen LogP contribution in [0.3, 0.4) is 0 Å². The molecule has 0 aliphatic rings. The molecule has 0 amide bonds. The number of hydrogen-bond donors (Lipinski definition) is 1. The quantitative estimate of drug-likeness (QED) is 0.271. The summed E-state index contributed by atoms with van der Waals surface area (Å²) in [4.78, 5) is 13.6. The highest BCUT2D eigenvalue weighted by molar-refractivity contribution is 7.19. The Morgan fingerprint density at radius 2 is 1.29 bits per heavy atom. The van der Waals surface area contributed by atoms with E-state index in [2.05, 4.69) is 0 Å². The molecular weight excluding hydrogens is 412 g/mol. The van der Waals surface area contributed by atoms with Crippen molar-refractivity contribution in [2.45, 2.75) is 0 Å². The Balaban J connectivity index is 1.50. The van der Waals surface area contributed by atoms with Gasteiger partial charge in [-0.25, -0.2) is 4.79 Å². The molecule has 0 aliphatic heterocycles. The number of rotatable bonds is 7. The molecule has 0 atom stereocenters. The van der Waals surface area contributed by atoms with Crippen LogP contribution in [0.2, 0.25) is 0 Å². The fourth-order valence-electron chi connectivity index (χ4n) is 2.98. The monoisotopic (exact) mass is 432 g/mol. The van der Waals surface area contributed by atoms with Crippen molar-refractivity contribution in [3.63, 3.8) is 0 Å². The molecule has 5 nitrogen and oxygen atoms in total. The van der Waals surface area contributed by atoms with Gasteiger partial charge in [0, 0.05) is 0 Å². The zero-order chi connectivity index (χ0) is 21.5. The fourth-order valence-corrected chi connectivity index (χ4v) is 4.11. The van der Waals surface area contributed by atoms with E-state index in [-0.39, 0.29) is 24.7 Å². The third kappa shape index (κ3) is 5.05. The predicted octanol–water partition coefficient (Wildman–Crippen LogP) is 6.38. The van der Waals surface area contributed by atoms with Crippen LogP contribution >= 0.6 is 11.3 Å². The number of para-hydroxylation sites is 1. The van der Waals surface area contributed by atoms with Crippen LogP contribution in [0, 0.1) is 0 Å². The summed E-state index contributed by atoms with van der Waals surface area (Å²) >= 11 is 1.35. The number of hydrogen-bond acceptors (Lipinski definition) is 6. The molecule has 1 aromatic heterocycles. The number of benzene rings is 3. The molecule has 0 fully saturated rings. The van der Waals surface area contributed by atoms with E-state index in [0.29, 0.717) is 15.5 Å². The van der Waals surface area contributed by atoms with Gasteiger partial charge in [0.25, 0.3) is 0 Å². The van der Waals surface area contributed by atoms with E-state index in [1.165, 1.54) is 11.3 Å². The molecular formula is C25H20O5S. The normalized spacial score (nSPS) is 10.5. The Hall–Kier alpha value is -3.77. The highest BCUT2D eigenvalue weighted by Gasteiger charge is 2.24. The number of ether oxygens (including phenoxy) is 3. The van der Waals surface area contributed by atoms with E-state index in [1.807, 2.05) is 91.0 Å². The molecule has 0 radical (unpaired) electrons. The zero-order valence-corrected chi connectivity index (χ0v) is 17.4. The maximum absolute atomic E-state index is 12.3. The lowest BCUT2D eigenvalue weighted by atomic mass is 10.1. The van der Waals surface area contributed by atoms with Crippen molar-refractivity contribution >= 4 is 17.5 Å². The average Bonchev–Trinajstić information content (AvgIpc) is 3.14. The molecule has 6 heteroatoms. The molecule has 1 N–H and O–H groups in total. The summed E-state index contributed by atoms with van der Waals surface area (Å²) < 4.78 is 16.1. The van der Waals surface area contributed by atoms with Gasteiger partial charge in [0.05, 0.1) is 9.75 Å². The first-order chi connectivity index (χ1) is 15.2. The summed E-state index contributed by atoms with van der Waals surface area (Å²) in [5.41, 5.74) is 1.67. The topological polar surface area (TPSA) is 65.0 Å². The number of thiophene rings is 1. The largest absolute Gasteiger partial charge is 0.514 e. The van der Waals surface area contributed by atoms with E-state index >= 15 is 0 Å². The van der Waals surface area contributed by atoms with Gasteiger partial charge in [0.15, 0.2) is 11.5 Å². The molecule has 156 valence electrons. The predicted molar refractivity (Wildman–Crippen MR) is 121 cm³/mol. The summed E-state index contributed by atoms with van der Waals surface area (Å²) in [5, 5.41) is 10.8. The fraction of sp³-hybridized carbons (Fsp3) is 0.0800. The van der Waals surface area contributed by atoms with Gasteiger partial charge in [0.2, 0.25) is 0 Å². The molecule has 0 saturated carbocycles. The minimum Gasteiger partial charge on any atom is -0.503 e. The van der Waals surface area contributed by atoms with Gasteiger partial charge >= 0.3 is 6.16 Å². The van der Waals surface area contributed by atoms with Crippen LogP contribution in [-0.2, 0) is 4.74 Å².